The maximum atomic E-state index is 12.9. The first-order valence-corrected chi connectivity index (χ1v) is 6.84. The third-order valence-corrected chi connectivity index (χ3v) is 3.44. The van der Waals surface area contributed by atoms with Gasteiger partial charge in [0.1, 0.15) is 5.75 Å². The number of alkyl halides is 3. The number of hydrogen-bond donors (Lipinski definition) is 1. The molecule has 0 amide bonds. The van der Waals surface area contributed by atoms with Gasteiger partial charge in [-0.3, -0.25) is 4.98 Å². The van der Waals surface area contributed by atoms with Crippen molar-refractivity contribution in [3.8, 4) is 5.75 Å². The summed E-state index contributed by atoms with van der Waals surface area (Å²) in [6.45, 7) is 0. The molecule has 0 atom stereocenters. The number of ether oxygens (including phenoxy) is 1. The van der Waals surface area contributed by atoms with E-state index in [0.717, 1.165) is 17.8 Å². The molecular formula is C17H13F3N2O. The normalized spacial score (nSPS) is 11.5. The Hall–Kier alpha value is -2.76. The summed E-state index contributed by atoms with van der Waals surface area (Å²) in [5.74, 6) is 0.703. The standard InChI is InChI=1S/C17H13F3N2O/c1-23-13-5-3-12(4-6-13)22-16-8-9-21-15-7-2-11(10-14(15)16)17(18,19)20/h2-10H,1H3,(H,21,22). The van der Waals surface area contributed by atoms with Crippen LogP contribution in [0.5, 0.6) is 5.75 Å². The van der Waals surface area contributed by atoms with E-state index in [0.29, 0.717) is 22.3 Å². The predicted molar refractivity (Wildman–Crippen MR) is 83.0 cm³/mol. The van der Waals surface area contributed by atoms with Gasteiger partial charge in [-0.1, -0.05) is 0 Å². The average molecular weight is 318 g/mol. The fourth-order valence-corrected chi connectivity index (χ4v) is 2.26. The molecule has 6 heteroatoms. The molecule has 1 heterocycles. The van der Waals surface area contributed by atoms with Crippen LogP contribution in [0.25, 0.3) is 10.9 Å². The van der Waals surface area contributed by atoms with E-state index in [4.69, 9.17) is 4.74 Å². The lowest BCUT2D eigenvalue weighted by Gasteiger charge is -2.12. The van der Waals surface area contributed by atoms with Crippen LogP contribution in [0.3, 0.4) is 0 Å². The Balaban J connectivity index is 2.02. The molecule has 3 rings (SSSR count). The molecule has 1 N–H and O–H groups in total. The van der Waals surface area contributed by atoms with Crippen LogP contribution in [0, 0.1) is 0 Å². The molecule has 0 bridgehead atoms. The SMILES string of the molecule is COc1ccc(Nc2ccnc3ccc(C(F)(F)F)cc23)cc1. The molecule has 0 aliphatic heterocycles. The van der Waals surface area contributed by atoms with Gasteiger partial charge in [0.05, 0.1) is 18.2 Å². The molecule has 3 aromatic rings. The highest BCUT2D eigenvalue weighted by atomic mass is 19.4. The van der Waals surface area contributed by atoms with Crippen molar-refractivity contribution in [3.63, 3.8) is 0 Å². The van der Waals surface area contributed by atoms with Gasteiger partial charge < -0.3 is 10.1 Å². The van der Waals surface area contributed by atoms with Gasteiger partial charge in [0.2, 0.25) is 0 Å². The van der Waals surface area contributed by atoms with Crippen LogP contribution in [0.2, 0.25) is 0 Å². The van der Waals surface area contributed by atoms with Crippen molar-refractivity contribution < 1.29 is 17.9 Å². The maximum Gasteiger partial charge on any atom is 0.416 e. The van der Waals surface area contributed by atoms with Crippen molar-refractivity contribution in [1.82, 2.24) is 4.98 Å². The molecule has 0 saturated carbocycles. The lowest BCUT2D eigenvalue weighted by molar-refractivity contribution is -0.137. The minimum Gasteiger partial charge on any atom is -0.497 e. The van der Waals surface area contributed by atoms with Gasteiger partial charge in [0.25, 0.3) is 0 Å². The van der Waals surface area contributed by atoms with Gasteiger partial charge in [0.15, 0.2) is 0 Å². The van der Waals surface area contributed by atoms with Gasteiger partial charge in [-0.25, -0.2) is 0 Å². The number of methoxy groups -OCH3 is 1. The Bertz CT molecular complexity index is 829. The third kappa shape index (κ3) is 3.21. The van der Waals surface area contributed by atoms with Crippen LogP contribution in [0.1, 0.15) is 5.56 Å². The largest absolute Gasteiger partial charge is 0.497 e. The van der Waals surface area contributed by atoms with E-state index in [1.165, 1.54) is 6.07 Å². The summed E-state index contributed by atoms with van der Waals surface area (Å²) >= 11 is 0. The molecule has 0 aliphatic rings. The average Bonchev–Trinajstić information content (AvgIpc) is 2.54. The molecule has 23 heavy (non-hydrogen) atoms. The molecule has 2 aromatic carbocycles. The number of nitrogens with one attached hydrogen (secondary N) is 1. The zero-order valence-electron chi connectivity index (χ0n) is 12.2. The Labute approximate surface area is 130 Å². The highest BCUT2D eigenvalue weighted by Gasteiger charge is 2.30. The second-order valence-corrected chi connectivity index (χ2v) is 4.94. The number of pyridine rings is 1. The number of hydrogen-bond acceptors (Lipinski definition) is 3. The second-order valence-electron chi connectivity index (χ2n) is 4.94. The molecule has 0 aliphatic carbocycles. The Morgan fingerprint density at radius 1 is 1.00 bits per heavy atom. The first-order valence-electron chi connectivity index (χ1n) is 6.84. The highest BCUT2D eigenvalue weighted by molar-refractivity contribution is 5.93. The highest BCUT2D eigenvalue weighted by Crippen LogP contribution is 2.34. The van der Waals surface area contributed by atoms with Crippen LogP contribution in [-0.2, 0) is 6.18 Å². The first-order chi connectivity index (χ1) is 11.0. The van der Waals surface area contributed by atoms with Crippen LogP contribution < -0.4 is 10.1 Å². The number of nitrogens with zero attached hydrogens (tertiary/aromatic N) is 1. The van der Waals surface area contributed by atoms with E-state index in [2.05, 4.69) is 10.3 Å². The number of fused-ring (bicyclic) bond motifs is 1. The molecule has 0 saturated heterocycles. The minimum atomic E-state index is -4.39. The summed E-state index contributed by atoms with van der Waals surface area (Å²) in [6, 6.07) is 12.3. The molecule has 1 aromatic heterocycles. The lowest BCUT2D eigenvalue weighted by atomic mass is 10.1. The topological polar surface area (TPSA) is 34.1 Å². The molecule has 3 nitrogen and oxygen atoms in total. The van der Waals surface area contributed by atoms with Crippen LogP contribution in [0.4, 0.5) is 24.5 Å². The van der Waals surface area contributed by atoms with Gasteiger partial charge in [-0.2, -0.15) is 13.2 Å². The summed E-state index contributed by atoms with van der Waals surface area (Å²) in [5, 5.41) is 3.53. The number of aromatic nitrogens is 1. The number of anilines is 2. The maximum absolute atomic E-state index is 12.9. The Morgan fingerprint density at radius 2 is 1.74 bits per heavy atom. The zero-order valence-corrected chi connectivity index (χ0v) is 12.2. The first kappa shape index (κ1) is 15.1. The monoisotopic (exact) mass is 318 g/mol. The van der Waals surface area contributed by atoms with Crippen LogP contribution in [-0.4, -0.2) is 12.1 Å². The van der Waals surface area contributed by atoms with E-state index in [9.17, 15) is 13.2 Å². The van der Waals surface area contributed by atoms with Crippen molar-refractivity contribution in [2.24, 2.45) is 0 Å². The van der Waals surface area contributed by atoms with Gasteiger partial charge in [-0.15, -0.1) is 0 Å². The molecule has 0 fully saturated rings. The van der Waals surface area contributed by atoms with Crippen molar-refractivity contribution in [2.45, 2.75) is 6.18 Å². The van der Waals surface area contributed by atoms with Crippen LogP contribution >= 0.6 is 0 Å². The molecule has 118 valence electrons. The van der Waals surface area contributed by atoms with E-state index in [-0.39, 0.29) is 0 Å². The van der Waals surface area contributed by atoms with Crippen LogP contribution in [0.15, 0.2) is 54.7 Å². The van der Waals surface area contributed by atoms with E-state index >= 15 is 0 Å². The molecule has 0 radical (unpaired) electrons. The van der Waals surface area contributed by atoms with Gasteiger partial charge >= 0.3 is 6.18 Å². The van der Waals surface area contributed by atoms with Crippen molar-refractivity contribution >= 4 is 22.3 Å². The summed E-state index contributed by atoms with van der Waals surface area (Å²) in [6.07, 6.45) is -2.83. The zero-order chi connectivity index (χ0) is 16.4. The molecule has 0 spiro atoms. The molecular weight excluding hydrogens is 305 g/mol. The van der Waals surface area contributed by atoms with Crippen molar-refractivity contribution in [3.05, 3.63) is 60.3 Å². The molecule has 0 unspecified atom stereocenters. The number of rotatable bonds is 3. The van der Waals surface area contributed by atoms with Gasteiger partial charge in [0, 0.05) is 23.0 Å². The summed E-state index contributed by atoms with van der Waals surface area (Å²) < 4.78 is 43.8. The lowest BCUT2D eigenvalue weighted by Crippen LogP contribution is -2.05. The summed E-state index contributed by atoms with van der Waals surface area (Å²) in [7, 11) is 1.57. The quantitative estimate of drug-likeness (QED) is 0.737. The number of halogens is 3. The predicted octanol–water partition coefficient (Wildman–Crippen LogP) is 5.01. The van der Waals surface area contributed by atoms with Crippen molar-refractivity contribution in [1.29, 1.82) is 0 Å². The number of benzene rings is 2. The minimum absolute atomic E-state index is 0.415. The van der Waals surface area contributed by atoms with E-state index < -0.39 is 11.7 Å². The third-order valence-electron chi connectivity index (χ3n) is 3.44. The summed E-state index contributed by atoms with van der Waals surface area (Å²) in [5.41, 5.74) is 1.11. The van der Waals surface area contributed by atoms with Crippen molar-refractivity contribution in [2.75, 3.05) is 12.4 Å². The Kier molecular flexibility index (Phi) is 3.82. The fourth-order valence-electron chi connectivity index (χ4n) is 2.26. The van der Waals surface area contributed by atoms with E-state index in [1.807, 2.05) is 0 Å². The second kappa shape index (κ2) is 5.79. The fraction of sp³-hybridized carbons (Fsp3) is 0.118. The Morgan fingerprint density at radius 3 is 2.39 bits per heavy atom. The van der Waals surface area contributed by atoms with E-state index in [1.54, 1.807) is 43.6 Å². The summed E-state index contributed by atoms with van der Waals surface area (Å²) in [4.78, 5) is 4.11. The van der Waals surface area contributed by atoms with Gasteiger partial charge in [-0.05, 0) is 48.5 Å². The smallest absolute Gasteiger partial charge is 0.416 e.